The maximum Gasteiger partial charge on any atom is 0.243 e. The van der Waals surface area contributed by atoms with E-state index in [1.165, 1.54) is 38.5 Å². The third kappa shape index (κ3) is 5.56. The van der Waals surface area contributed by atoms with Crippen LogP contribution in [-0.4, -0.2) is 53.8 Å². The highest BCUT2D eigenvalue weighted by Gasteiger charge is 2.51. The summed E-state index contributed by atoms with van der Waals surface area (Å²) in [6.45, 7) is 1.65. The molecule has 5 aliphatic rings. The second kappa shape index (κ2) is 9.69. The number of rotatable bonds is 7. The number of hydrogen-bond acceptors (Lipinski definition) is 4. The van der Waals surface area contributed by atoms with Crippen molar-refractivity contribution in [1.82, 2.24) is 10.2 Å². The van der Waals surface area contributed by atoms with Crippen LogP contribution in [0.15, 0.2) is 24.3 Å². The number of anilines is 1. The molecule has 1 aromatic rings. The number of carbonyl (C=O) groups excluding carboxylic acids is 3. The van der Waals surface area contributed by atoms with Crippen LogP contribution in [0.3, 0.4) is 0 Å². The van der Waals surface area contributed by atoms with E-state index in [-0.39, 0.29) is 29.7 Å². The van der Waals surface area contributed by atoms with Crippen molar-refractivity contribution in [3.63, 3.8) is 0 Å². The first kappa shape index (κ1) is 22.8. The number of hydrogen-bond donors (Lipinski definition) is 2. The summed E-state index contributed by atoms with van der Waals surface area (Å²) in [6.07, 6.45) is 8.66. The van der Waals surface area contributed by atoms with E-state index in [0.717, 1.165) is 47.9 Å². The molecule has 0 spiro atoms. The molecule has 1 aromatic carbocycles. The first-order chi connectivity index (χ1) is 16.0. The average Bonchev–Trinajstić information content (AvgIpc) is 2.78. The third-order valence-electron chi connectivity index (χ3n) is 8.10. The van der Waals surface area contributed by atoms with E-state index in [4.69, 9.17) is 0 Å². The highest BCUT2D eigenvalue weighted by molar-refractivity contribution is 7.99. The zero-order valence-corrected chi connectivity index (χ0v) is 20.1. The van der Waals surface area contributed by atoms with Crippen LogP contribution in [0.25, 0.3) is 0 Å². The summed E-state index contributed by atoms with van der Waals surface area (Å²) in [4.78, 5) is 39.3. The van der Waals surface area contributed by atoms with E-state index in [9.17, 15) is 14.4 Å². The van der Waals surface area contributed by atoms with Gasteiger partial charge in [-0.1, -0.05) is 12.1 Å². The van der Waals surface area contributed by atoms with Crippen LogP contribution < -0.4 is 10.6 Å². The van der Waals surface area contributed by atoms with Crippen LogP contribution in [-0.2, 0) is 20.8 Å². The molecule has 4 aliphatic carbocycles. The Hall–Kier alpha value is -2.02. The van der Waals surface area contributed by atoms with Crippen molar-refractivity contribution < 1.29 is 14.4 Å². The summed E-state index contributed by atoms with van der Waals surface area (Å²) in [6, 6.07) is 7.42. The summed E-state index contributed by atoms with van der Waals surface area (Å²) in [7, 11) is 0. The van der Waals surface area contributed by atoms with Gasteiger partial charge in [0.1, 0.15) is 0 Å². The van der Waals surface area contributed by atoms with Crippen LogP contribution in [0.2, 0.25) is 0 Å². The predicted octanol–water partition coefficient (Wildman–Crippen LogP) is 3.47. The van der Waals surface area contributed by atoms with Gasteiger partial charge in [0.05, 0.1) is 13.0 Å². The van der Waals surface area contributed by atoms with Gasteiger partial charge in [-0.2, -0.15) is 11.8 Å². The summed E-state index contributed by atoms with van der Waals surface area (Å²) in [5.41, 5.74) is 1.82. The van der Waals surface area contributed by atoms with Crippen LogP contribution >= 0.6 is 11.8 Å². The molecule has 1 heterocycles. The number of thioether (sulfide) groups is 1. The molecule has 6 rings (SSSR count). The second-order valence-electron chi connectivity index (χ2n) is 10.8. The normalized spacial score (nSPS) is 30.2. The Kier molecular flexibility index (Phi) is 6.68. The zero-order valence-electron chi connectivity index (χ0n) is 19.3. The zero-order chi connectivity index (χ0) is 22.8. The highest BCUT2D eigenvalue weighted by Crippen LogP contribution is 2.61. The smallest absolute Gasteiger partial charge is 0.243 e. The van der Waals surface area contributed by atoms with Crippen molar-refractivity contribution in [2.45, 2.75) is 51.4 Å². The molecule has 1 aliphatic heterocycles. The number of carbonyl (C=O) groups is 3. The van der Waals surface area contributed by atoms with E-state index in [1.54, 1.807) is 0 Å². The number of nitrogens with zero attached hydrogens (tertiary/aromatic N) is 1. The van der Waals surface area contributed by atoms with Gasteiger partial charge in [0.25, 0.3) is 0 Å². The average molecular weight is 470 g/mol. The van der Waals surface area contributed by atoms with E-state index in [0.29, 0.717) is 18.5 Å². The lowest BCUT2D eigenvalue weighted by Crippen LogP contribution is -2.48. The molecular weight excluding hydrogens is 434 g/mol. The molecule has 2 N–H and O–H groups in total. The van der Waals surface area contributed by atoms with Gasteiger partial charge in [-0.25, -0.2) is 0 Å². The van der Waals surface area contributed by atoms with Crippen LogP contribution in [0.5, 0.6) is 0 Å². The van der Waals surface area contributed by atoms with Gasteiger partial charge < -0.3 is 15.5 Å². The lowest BCUT2D eigenvalue weighted by molar-refractivity contribution is -0.131. The van der Waals surface area contributed by atoms with Crippen molar-refractivity contribution in [2.75, 3.05) is 36.5 Å². The quantitative estimate of drug-likeness (QED) is 0.641. The third-order valence-corrected chi connectivity index (χ3v) is 9.05. The number of nitrogens with one attached hydrogen (secondary N) is 2. The first-order valence-electron chi connectivity index (χ1n) is 12.5. The van der Waals surface area contributed by atoms with E-state index in [1.807, 2.05) is 40.9 Å². The first-order valence-corrected chi connectivity index (χ1v) is 13.6. The Balaban J connectivity index is 1.05. The Morgan fingerprint density at radius 3 is 2.12 bits per heavy atom. The SMILES string of the molecule is O=C(CC12CC3CC(CC(C3)C1)C2)NCC(=O)Nc1ccc(CC(=O)N2CCSCC2)cc1. The highest BCUT2D eigenvalue weighted by atomic mass is 32.2. The van der Waals surface area contributed by atoms with Gasteiger partial charge in [-0.3, -0.25) is 14.4 Å². The van der Waals surface area contributed by atoms with Gasteiger partial charge in [0, 0.05) is 36.7 Å². The molecule has 0 atom stereocenters. The Morgan fingerprint density at radius 1 is 0.909 bits per heavy atom. The van der Waals surface area contributed by atoms with Crippen molar-refractivity contribution in [1.29, 1.82) is 0 Å². The minimum atomic E-state index is -0.219. The Morgan fingerprint density at radius 2 is 1.52 bits per heavy atom. The van der Waals surface area contributed by atoms with E-state index >= 15 is 0 Å². The number of benzene rings is 1. The van der Waals surface area contributed by atoms with Gasteiger partial charge >= 0.3 is 0 Å². The van der Waals surface area contributed by atoms with Crippen LogP contribution in [0, 0.1) is 23.2 Å². The molecule has 0 unspecified atom stereocenters. The van der Waals surface area contributed by atoms with Crippen molar-refractivity contribution in [3.8, 4) is 0 Å². The van der Waals surface area contributed by atoms with Gasteiger partial charge in [-0.05, 0) is 79.4 Å². The molecular formula is C26H35N3O3S. The molecule has 4 saturated carbocycles. The van der Waals surface area contributed by atoms with Crippen molar-refractivity contribution in [3.05, 3.63) is 29.8 Å². The molecule has 0 radical (unpaired) electrons. The molecule has 5 fully saturated rings. The van der Waals surface area contributed by atoms with E-state index < -0.39 is 0 Å². The molecule has 178 valence electrons. The minimum Gasteiger partial charge on any atom is -0.347 e. The molecule has 33 heavy (non-hydrogen) atoms. The minimum absolute atomic E-state index is 0.00158. The standard InChI is InChI=1S/C26H35N3O3S/c30-23(16-26-13-19-9-20(14-26)11-21(10-19)15-26)27-17-24(31)28-22-3-1-18(2-4-22)12-25(32)29-5-7-33-8-6-29/h1-4,19-21H,5-17H2,(H,27,30)(H,28,31). The predicted molar refractivity (Wildman–Crippen MR) is 131 cm³/mol. The molecule has 4 bridgehead atoms. The summed E-state index contributed by atoms with van der Waals surface area (Å²) >= 11 is 1.89. The number of amides is 3. The Labute approximate surface area is 200 Å². The van der Waals surface area contributed by atoms with Gasteiger partial charge in [0.2, 0.25) is 17.7 Å². The largest absolute Gasteiger partial charge is 0.347 e. The lowest BCUT2D eigenvalue weighted by atomic mass is 9.49. The van der Waals surface area contributed by atoms with Crippen molar-refractivity contribution in [2.24, 2.45) is 23.2 Å². The second-order valence-corrected chi connectivity index (χ2v) is 12.0. The fourth-order valence-corrected chi connectivity index (χ4v) is 8.00. The molecule has 7 heteroatoms. The Bertz CT molecular complexity index is 859. The lowest BCUT2D eigenvalue weighted by Gasteiger charge is -2.56. The molecule has 0 aromatic heterocycles. The van der Waals surface area contributed by atoms with Gasteiger partial charge in [-0.15, -0.1) is 0 Å². The fraction of sp³-hybridized carbons (Fsp3) is 0.654. The summed E-state index contributed by atoms with van der Waals surface area (Å²) in [5, 5.41) is 5.70. The van der Waals surface area contributed by atoms with Crippen LogP contribution in [0.4, 0.5) is 5.69 Å². The molecule has 6 nitrogen and oxygen atoms in total. The van der Waals surface area contributed by atoms with Crippen molar-refractivity contribution >= 4 is 35.2 Å². The van der Waals surface area contributed by atoms with Crippen LogP contribution in [0.1, 0.15) is 50.5 Å². The van der Waals surface area contributed by atoms with Gasteiger partial charge in [0.15, 0.2) is 0 Å². The van der Waals surface area contributed by atoms with E-state index in [2.05, 4.69) is 10.6 Å². The summed E-state index contributed by atoms with van der Waals surface area (Å²) < 4.78 is 0. The fourth-order valence-electron chi connectivity index (χ4n) is 7.10. The maximum absolute atomic E-state index is 12.6. The maximum atomic E-state index is 12.6. The summed E-state index contributed by atoms with van der Waals surface area (Å²) in [5.74, 6) is 4.44. The topological polar surface area (TPSA) is 78.5 Å². The molecule has 3 amide bonds. The monoisotopic (exact) mass is 469 g/mol. The molecule has 1 saturated heterocycles.